The lowest BCUT2D eigenvalue weighted by Gasteiger charge is -2.12. The van der Waals surface area contributed by atoms with Gasteiger partial charge in [-0.1, -0.05) is 42.5 Å². The van der Waals surface area contributed by atoms with Crippen LogP contribution in [0.3, 0.4) is 0 Å². The summed E-state index contributed by atoms with van der Waals surface area (Å²) in [5.74, 6) is 1.44. The van der Waals surface area contributed by atoms with Crippen LogP contribution in [0.1, 0.15) is 11.1 Å². The number of aromatic amines is 1. The molecule has 1 heterocycles. The molecule has 0 aliphatic carbocycles. The van der Waals surface area contributed by atoms with Gasteiger partial charge >= 0.3 is 0 Å². The lowest BCUT2D eigenvalue weighted by molar-refractivity contribution is 0.306. The molecule has 0 radical (unpaired) electrons. The van der Waals surface area contributed by atoms with Gasteiger partial charge in [0.1, 0.15) is 12.4 Å². The smallest absolute Gasteiger partial charge is 0.216 e. The van der Waals surface area contributed by atoms with Crippen molar-refractivity contribution in [1.82, 2.24) is 14.9 Å². The molecule has 31 heavy (non-hydrogen) atoms. The van der Waals surface area contributed by atoms with Crippen LogP contribution in [0.25, 0.3) is 11.4 Å². The number of aromatic nitrogens is 3. The number of nitrogens with one attached hydrogen (secondary N) is 1. The molecule has 0 aliphatic heterocycles. The lowest BCUT2D eigenvalue weighted by atomic mass is 10.2. The molecule has 0 atom stereocenters. The predicted molar refractivity (Wildman–Crippen MR) is 127 cm³/mol. The van der Waals surface area contributed by atoms with Crippen molar-refractivity contribution in [3.63, 3.8) is 0 Å². The molecule has 156 valence electrons. The van der Waals surface area contributed by atoms with Crippen molar-refractivity contribution in [2.45, 2.75) is 6.61 Å². The maximum atomic E-state index is 5.91. The van der Waals surface area contributed by atoms with Crippen LogP contribution >= 0.6 is 12.2 Å². The fourth-order valence-corrected chi connectivity index (χ4v) is 3.22. The fourth-order valence-electron chi connectivity index (χ4n) is 3.04. The maximum Gasteiger partial charge on any atom is 0.216 e. The maximum absolute atomic E-state index is 5.91. The number of benzene rings is 3. The largest absolute Gasteiger partial charge is 0.489 e. The Morgan fingerprint density at radius 3 is 2.55 bits per heavy atom. The minimum atomic E-state index is 0.430. The molecule has 0 amide bonds. The number of rotatable bonds is 7. The Labute approximate surface area is 186 Å². The van der Waals surface area contributed by atoms with Gasteiger partial charge in [-0.05, 0) is 59.7 Å². The van der Waals surface area contributed by atoms with Crippen molar-refractivity contribution in [3.05, 3.63) is 94.8 Å². The zero-order valence-electron chi connectivity index (χ0n) is 17.4. The second-order valence-corrected chi connectivity index (χ2v) is 7.58. The average molecular weight is 430 g/mol. The minimum absolute atomic E-state index is 0.430. The van der Waals surface area contributed by atoms with Gasteiger partial charge in [0.05, 0.1) is 6.21 Å². The Morgan fingerprint density at radius 2 is 1.81 bits per heavy atom. The van der Waals surface area contributed by atoms with Crippen LogP contribution in [0, 0.1) is 4.77 Å². The highest BCUT2D eigenvalue weighted by molar-refractivity contribution is 7.71. The second-order valence-electron chi connectivity index (χ2n) is 7.20. The van der Waals surface area contributed by atoms with Gasteiger partial charge in [0.15, 0.2) is 5.82 Å². The van der Waals surface area contributed by atoms with E-state index in [1.54, 1.807) is 10.9 Å². The van der Waals surface area contributed by atoms with Gasteiger partial charge in [-0.2, -0.15) is 14.9 Å². The Kier molecular flexibility index (Phi) is 6.24. The van der Waals surface area contributed by atoms with Crippen molar-refractivity contribution >= 4 is 24.1 Å². The fraction of sp³-hybridized carbons (Fsp3) is 0.125. The average Bonchev–Trinajstić information content (AvgIpc) is 3.17. The van der Waals surface area contributed by atoms with Gasteiger partial charge in [0.2, 0.25) is 4.77 Å². The first-order valence-electron chi connectivity index (χ1n) is 9.86. The molecular formula is C24H23N5OS. The molecule has 1 aromatic heterocycles. The number of hydrogen-bond acceptors (Lipinski definition) is 5. The zero-order chi connectivity index (χ0) is 21.6. The van der Waals surface area contributed by atoms with Gasteiger partial charge in [0, 0.05) is 25.3 Å². The standard InChI is InChI=1S/C24H23N5OS/c1-28(2)21-13-11-20(12-14-21)23-26-27-24(31)29(23)25-16-19-9-6-10-22(15-19)30-17-18-7-4-3-5-8-18/h3-16H,17H2,1-2H3,(H,27,31). The summed E-state index contributed by atoms with van der Waals surface area (Å²) in [5.41, 5.74) is 4.06. The Hall–Kier alpha value is -3.71. The van der Waals surface area contributed by atoms with Gasteiger partial charge in [-0.3, -0.25) is 0 Å². The van der Waals surface area contributed by atoms with Gasteiger partial charge in [-0.25, -0.2) is 5.10 Å². The summed E-state index contributed by atoms with van der Waals surface area (Å²) in [4.78, 5) is 2.05. The first-order valence-corrected chi connectivity index (χ1v) is 10.3. The summed E-state index contributed by atoms with van der Waals surface area (Å²) < 4.78 is 7.96. The SMILES string of the molecule is CN(C)c1ccc(-c2n[nH]c(=S)n2N=Cc2cccc(OCc3ccccc3)c2)cc1. The summed E-state index contributed by atoms with van der Waals surface area (Å²) in [6, 6.07) is 25.9. The van der Waals surface area contributed by atoms with Crippen LogP contribution in [0.5, 0.6) is 5.75 Å². The highest BCUT2D eigenvalue weighted by atomic mass is 32.1. The van der Waals surface area contributed by atoms with E-state index in [4.69, 9.17) is 17.0 Å². The van der Waals surface area contributed by atoms with Crippen LogP contribution in [-0.4, -0.2) is 35.2 Å². The first-order chi connectivity index (χ1) is 15.1. The minimum Gasteiger partial charge on any atom is -0.489 e. The van der Waals surface area contributed by atoms with Gasteiger partial charge in [-0.15, -0.1) is 0 Å². The van der Waals surface area contributed by atoms with Crippen molar-refractivity contribution in [2.75, 3.05) is 19.0 Å². The van der Waals surface area contributed by atoms with E-state index in [-0.39, 0.29) is 0 Å². The monoisotopic (exact) mass is 429 g/mol. The number of nitrogens with zero attached hydrogens (tertiary/aromatic N) is 4. The van der Waals surface area contributed by atoms with E-state index in [0.29, 0.717) is 17.2 Å². The van der Waals surface area contributed by atoms with Crippen molar-refractivity contribution in [1.29, 1.82) is 0 Å². The molecule has 0 aliphatic rings. The lowest BCUT2D eigenvalue weighted by Crippen LogP contribution is -2.08. The number of ether oxygens (including phenoxy) is 1. The van der Waals surface area contributed by atoms with E-state index in [0.717, 1.165) is 28.1 Å². The highest BCUT2D eigenvalue weighted by Crippen LogP contribution is 2.21. The van der Waals surface area contributed by atoms with E-state index in [1.807, 2.05) is 97.9 Å². The molecule has 0 unspecified atom stereocenters. The Bertz CT molecular complexity index is 1230. The molecule has 0 fully saturated rings. The summed E-state index contributed by atoms with van der Waals surface area (Å²) >= 11 is 5.38. The molecule has 4 aromatic rings. The van der Waals surface area contributed by atoms with Crippen LogP contribution in [-0.2, 0) is 6.61 Å². The van der Waals surface area contributed by atoms with E-state index >= 15 is 0 Å². The molecule has 0 spiro atoms. The predicted octanol–water partition coefficient (Wildman–Crippen LogP) is 5.13. The van der Waals surface area contributed by atoms with E-state index in [1.165, 1.54) is 0 Å². The van der Waals surface area contributed by atoms with E-state index in [2.05, 4.69) is 15.3 Å². The number of anilines is 1. The van der Waals surface area contributed by atoms with E-state index < -0.39 is 0 Å². The topological polar surface area (TPSA) is 58.4 Å². The van der Waals surface area contributed by atoms with Gasteiger partial charge in [0.25, 0.3) is 0 Å². The van der Waals surface area contributed by atoms with Crippen molar-refractivity contribution in [3.8, 4) is 17.1 Å². The molecule has 7 heteroatoms. The molecule has 0 saturated heterocycles. The van der Waals surface area contributed by atoms with Crippen LogP contribution in [0.2, 0.25) is 0 Å². The molecule has 6 nitrogen and oxygen atoms in total. The highest BCUT2D eigenvalue weighted by Gasteiger charge is 2.08. The quantitative estimate of drug-likeness (QED) is 0.327. The number of hydrogen-bond donors (Lipinski definition) is 1. The van der Waals surface area contributed by atoms with Crippen molar-refractivity contribution in [2.24, 2.45) is 5.10 Å². The molecule has 4 rings (SSSR count). The molecule has 1 N–H and O–H groups in total. The third-order valence-electron chi connectivity index (χ3n) is 4.72. The third-order valence-corrected chi connectivity index (χ3v) is 4.99. The van der Waals surface area contributed by atoms with E-state index in [9.17, 15) is 0 Å². The molecular weight excluding hydrogens is 406 g/mol. The molecule has 0 bridgehead atoms. The summed E-state index contributed by atoms with van der Waals surface area (Å²) in [6.07, 6.45) is 1.75. The summed E-state index contributed by atoms with van der Waals surface area (Å²) in [5, 5.41) is 11.7. The van der Waals surface area contributed by atoms with Crippen LogP contribution < -0.4 is 9.64 Å². The Balaban J connectivity index is 1.53. The molecule has 3 aromatic carbocycles. The summed E-state index contributed by atoms with van der Waals surface area (Å²) in [7, 11) is 4.01. The van der Waals surface area contributed by atoms with Gasteiger partial charge < -0.3 is 9.64 Å². The Morgan fingerprint density at radius 1 is 1.03 bits per heavy atom. The van der Waals surface area contributed by atoms with Crippen LogP contribution in [0.15, 0.2) is 84.0 Å². The first kappa shape index (κ1) is 20.6. The number of H-pyrrole nitrogens is 1. The normalized spacial score (nSPS) is 11.0. The zero-order valence-corrected chi connectivity index (χ0v) is 18.2. The molecule has 0 saturated carbocycles. The van der Waals surface area contributed by atoms with Crippen LogP contribution in [0.4, 0.5) is 5.69 Å². The second kappa shape index (κ2) is 9.40. The van der Waals surface area contributed by atoms with Crippen molar-refractivity contribution < 1.29 is 4.74 Å². The summed E-state index contributed by atoms with van der Waals surface area (Å²) in [6.45, 7) is 0.515. The third kappa shape index (κ3) is 5.07.